The number of nitro groups is 1. The summed E-state index contributed by atoms with van der Waals surface area (Å²) >= 11 is 5.57. The largest absolute Gasteiger partial charge is 0.479 e. The molecule has 1 aromatic rings. The van der Waals surface area contributed by atoms with Crippen molar-refractivity contribution in [3.8, 4) is 5.75 Å². The Bertz CT molecular complexity index is 479. The summed E-state index contributed by atoms with van der Waals surface area (Å²) < 4.78 is 17.7. The number of nitro benzene ring substituents is 1. The van der Waals surface area contributed by atoms with Crippen LogP contribution in [0.25, 0.3) is 0 Å². The van der Waals surface area contributed by atoms with E-state index in [2.05, 4.69) is 0 Å². The lowest BCUT2D eigenvalue weighted by Gasteiger charge is -2.11. The van der Waals surface area contributed by atoms with Gasteiger partial charge in [0.05, 0.1) is 16.0 Å². The minimum Gasteiger partial charge on any atom is -0.479 e. The first-order valence-corrected chi connectivity index (χ1v) is 4.73. The Kier molecular flexibility index (Phi) is 3.84. The maximum absolute atomic E-state index is 12.9. The second-order valence-corrected chi connectivity index (χ2v) is 3.50. The van der Waals surface area contributed by atoms with Crippen LogP contribution >= 0.6 is 11.6 Å². The van der Waals surface area contributed by atoms with Crippen molar-refractivity contribution >= 4 is 23.3 Å². The number of hydrogen-bond donors (Lipinski definition) is 1. The Morgan fingerprint density at radius 3 is 2.71 bits per heavy atom. The summed E-state index contributed by atoms with van der Waals surface area (Å²) in [4.78, 5) is 20.3. The Morgan fingerprint density at radius 1 is 1.65 bits per heavy atom. The maximum atomic E-state index is 12.9. The molecule has 92 valence electrons. The van der Waals surface area contributed by atoms with Crippen molar-refractivity contribution in [3.05, 3.63) is 33.1 Å². The van der Waals surface area contributed by atoms with Gasteiger partial charge in [0, 0.05) is 0 Å². The topological polar surface area (TPSA) is 89.7 Å². The lowest BCUT2D eigenvalue weighted by Crippen LogP contribution is -2.23. The zero-order valence-electron chi connectivity index (χ0n) is 8.52. The van der Waals surface area contributed by atoms with Gasteiger partial charge in [0.25, 0.3) is 0 Å². The highest BCUT2D eigenvalue weighted by Crippen LogP contribution is 2.36. The normalized spacial score (nSPS) is 11.9. The van der Waals surface area contributed by atoms with Gasteiger partial charge in [0.1, 0.15) is 5.82 Å². The molecule has 0 aliphatic heterocycles. The molecule has 0 fully saturated rings. The van der Waals surface area contributed by atoms with Crippen molar-refractivity contribution in [2.45, 2.75) is 13.0 Å². The highest BCUT2D eigenvalue weighted by atomic mass is 35.5. The van der Waals surface area contributed by atoms with E-state index in [1.807, 2.05) is 0 Å². The van der Waals surface area contributed by atoms with E-state index in [-0.39, 0.29) is 5.02 Å². The van der Waals surface area contributed by atoms with Crippen LogP contribution in [-0.2, 0) is 4.79 Å². The van der Waals surface area contributed by atoms with Crippen LogP contribution in [0, 0.1) is 15.9 Å². The fourth-order valence-corrected chi connectivity index (χ4v) is 1.27. The summed E-state index contributed by atoms with van der Waals surface area (Å²) in [7, 11) is 0. The smallest absolute Gasteiger partial charge is 0.344 e. The van der Waals surface area contributed by atoms with E-state index >= 15 is 0 Å². The van der Waals surface area contributed by atoms with Crippen molar-refractivity contribution in [3.63, 3.8) is 0 Å². The fourth-order valence-electron chi connectivity index (χ4n) is 1.03. The van der Waals surface area contributed by atoms with E-state index in [0.29, 0.717) is 6.07 Å². The van der Waals surface area contributed by atoms with Crippen LogP contribution in [0.5, 0.6) is 5.75 Å². The molecule has 0 aliphatic rings. The molecule has 0 saturated carbocycles. The van der Waals surface area contributed by atoms with Crippen molar-refractivity contribution in [1.82, 2.24) is 0 Å². The minimum atomic E-state index is -1.34. The Morgan fingerprint density at radius 2 is 2.24 bits per heavy atom. The highest BCUT2D eigenvalue weighted by Gasteiger charge is 2.24. The Hall–Kier alpha value is -1.89. The molecule has 0 bridgehead atoms. The molecule has 6 nitrogen and oxygen atoms in total. The van der Waals surface area contributed by atoms with Gasteiger partial charge < -0.3 is 9.84 Å². The minimum absolute atomic E-state index is 0.357. The lowest BCUT2D eigenvalue weighted by atomic mass is 10.3. The molecule has 1 rings (SSSR count). The summed E-state index contributed by atoms with van der Waals surface area (Å²) in [5.41, 5.74) is -0.719. The predicted molar refractivity (Wildman–Crippen MR) is 55.8 cm³/mol. The number of carboxylic acids is 1. The molecular weight excluding hydrogens is 257 g/mol. The first kappa shape index (κ1) is 13.2. The molecule has 0 radical (unpaired) electrons. The van der Waals surface area contributed by atoms with E-state index in [9.17, 15) is 19.3 Å². The van der Waals surface area contributed by atoms with Gasteiger partial charge in [-0.3, -0.25) is 10.1 Å². The van der Waals surface area contributed by atoms with E-state index in [1.54, 1.807) is 0 Å². The standard InChI is InChI=1S/C9H7ClFNO5/c1-4(9(13)14)17-8-6(10)2-5(11)3-7(8)12(15)16/h2-4H,1H3,(H,13,14)/t4-/m1/s1. The zero-order chi connectivity index (χ0) is 13.2. The van der Waals surface area contributed by atoms with Gasteiger partial charge in [-0.05, 0) is 13.0 Å². The highest BCUT2D eigenvalue weighted by molar-refractivity contribution is 6.32. The average molecular weight is 264 g/mol. The average Bonchev–Trinajstić information content (AvgIpc) is 2.20. The number of halogens is 2. The Labute approximate surface area is 99.7 Å². The van der Waals surface area contributed by atoms with Crippen molar-refractivity contribution in [1.29, 1.82) is 0 Å². The number of aliphatic carboxylic acids is 1. The number of carboxylic acid groups (broad SMARTS) is 1. The lowest BCUT2D eigenvalue weighted by molar-refractivity contribution is -0.386. The maximum Gasteiger partial charge on any atom is 0.344 e. The van der Waals surface area contributed by atoms with Crippen molar-refractivity contribution < 1.29 is 24.0 Å². The number of nitrogens with zero attached hydrogens (tertiary/aromatic N) is 1. The second kappa shape index (κ2) is 4.96. The molecule has 1 atom stereocenters. The van der Waals surface area contributed by atoms with Gasteiger partial charge in [0.15, 0.2) is 6.10 Å². The van der Waals surface area contributed by atoms with Gasteiger partial charge in [0.2, 0.25) is 5.75 Å². The molecule has 8 heteroatoms. The molecular formula is C9H7ClFNO5. The van der Waals surface area contributed by atoms with E-state index < -0.39 is 34.3 Å². The first-order chi connectivity index (χ1) is 7.82. The van der Waals surface area contributed by atoms with Gasteiger partial charge in [-0.25, -0.2) is 9.18 Å². The van der Waals surface area contributed by atoms with Gasteiger partial charge in [-0.2, -0.15) is 0 Å². The SMILES string of the molecule is C[C@@H](Oc1c(Cl)cc(F)cc1[N+](=O)[O-])C(=O)O. The first-order valence-electron chi connectivity index (χ1n) is 4.36. The molecule has 0 unspecified atom stereocenters. The monoisotopic (exact) mass is 263 g/mol. The molecule has 0 heterocycles. The fraction of sp³-hybridized carbons (Fsp3) is 0.222. The summed E-state index contributed by atoms with van der Waals surface area (Å²) in [5.74, 6) is -2.69. The molecule has 0 spiro atoms. The number of rotatable bonds is 4. The van der Waals surface area contributed by atoms with Crippen LogP contribution < -0.4 is 4.74 Å². The van der Waals surface area contributed by atoms with E-state index in [4.69, 9.17) is 21.4 Å². The van der Waals surface area contributed by atoms with Crippen LogP contribution in [0.2, 0.25) is 5.02 Å². The Balaban J connectivity index is 3.21. The summed E-state index contributed by atoms with van der Waals surface area (Å²) in [6, 6.07) is 1.41. The molecule has 0 aromatic heterocycles. The van der Waals surface area contributed by atoms with Crippen LogP contribution in [0.1, 0.15) is 6.92 Å². The summed E-state index contributed by atoms with van der Waals surface area (Å²) in [6.07, 6.45) is -1.34. The summed E-state index contributed by atoms with van der Waals surface area (Å²) in [5, 5.41) is 18.9. The molecule has 17 heavy (non-hydrogen) atoms. The quantitative estimate of drug-likeness (QED) is 0.664. The summed E-state index contributed by atoms with van der Waals surface area (Å²) in [6.45, 7) is 1.17. The molecule has 1 N–H and O–H groups in total. The third kappa shape index (κ3) is 3.04. The van der Waals surface area contributed by atoms with Gasteiger partial charge in [-0.15, -0.1) is 0 Å². The molecule has 1 aromatic carbocycles. The van der Waals surface area contributed by atoms with Crippen LogP contribution in [0.4, 0.5) is 10.1 Å². The number of hydrogen-bond acceptors (Lipinski definition) is 4. The zero-order valence-corrected chi connectivity index (χ0v) is 9.27. The van der Waals surface area contributed by atoms with Crippen LogP contribution in [0.3, 0.4) is 0 Å². The van der Waals surface area contributed by atoms with E-state index in [1.165, 1.54) is 6.92 Å². The number of ether oxygens (including phenoxy) is 1. The van der Waals surface area contributed by atoms with Gasteiger partial charge >= 0.3 is 11.7 Å². The van der Waals surface area contributed by atoms with Crippen molar-refractivity contribution in [2.75, 3.05) is 0 Å². The van der Waals surface area contributed by atoms with E-state index in [0.717, 1.165) is 6.07 Å². The predicted octanol–water partition coefficient (Wildman–Crippen LogP) is 2.24. The third-order valence-electron chi connectivity index (χ3n) is 1.83. The third-order valence-corrected chi connectivity index (χ3v) is 2.11. The molecule has 0 saturated heterocycles. The molecule has 0 amide bonds. The number of benzene rings is 1. The van der Waals surface area contributed by atoms with Crippen LogP contribution in [-0.4, -0.2) is 22.1 Å². The number of carbonyl (C=O) groups is 1. The molecule has 0 aliphatic carbocycles. The van der Waals surface area contributed by atoms with Crippen molar-refractivity contribution in [2.24, 2.45) is 0 Å². The van der Waals surface area contributed by atoms with Gasteiger partial charge in [-0.1, -0.05) is 11.6 Å². The second-order valence-electron chi connectivity index (χ2n) is 3.09. The van der Waals surface area contributed by atoms with Crippen LogP contribution in [0.15, 0.2) is 12.1 Å².